The maximum atomic E-state index is 11.9. The molecule has 96 valence electrons. The maximum absolute atomic E-state index is 11.9. The van der Waals surface area contributed by atoms with E-state index in [9.17, 15) is 9.90 Å². The number of rotatable bonds is 3. The normalized spacial score (nSPS) is 9.89. The Morgan fingerprint density at radius 1 is 1.39 bits per heavy atom. The SMILES string of the molecule is Br.O=C(Cn1ccnc1)c1cc(Cl)cc(Cl)c1O. The van der Waals surface area contributed by atoms with Crippen LogP contribution < -0.4 is 0 Å². The molecule has 1 aromatic heterocycles. The number of ketones is 1. The molecular formula is C11H9BrCl2N2O2. The minimum Gasteiger partial charge on any atom is -0.506 e. The van der Waals surface area contributed by atoms with E-state index < -0.39 is 0 Å². The number of aromatic nitrogens is 2. The molecule has 0 atom stereocenters. The fourth-order valence-corrected chi connectivity index (χ4v) is 1.90. The molecule has 18 heavy (non-hydrogen) atoms. The summed E-state index contributed by atoms with van der Waals surface area (Å²) >= 11 is 11.5. The zero-order chi connectivity index (χ0) is 12.4. The lowest BCUT2D eigenvalue weighted by molar-refractivity contribution is 0.0969. The minimum absolute atomic E-state index is 0. The van der Waals surface area contributed by atoms with Crippen LogP contribution in [0.1, 0.15) is 10.4 Å². The molecule has 0 unspecified atom stereocenters. The van der Waals surface area contributed by atoms with E-state index in [2.05, 4.69) is 4.98 Å². The van der Waals surface area contributed by atoms with Crippen LogP contribution in [0.2, 0.25) is 10.0 Å². The summed E-state index contributed by atoms with van der Waals surface area (Å²) in [6.45, 7) is 0.0736. The van der Waals surface area contributed by atoms with Gasteiger partial charge in [0.1, 0.15) is 5.75 Å². The number of phenolic OH excluding ortho intramolecular Hbond substituents is 1. The highest BCUT2D eigenvalue weighted by molar-refractivity contribution is 8.93. The van der Waals surface area contributed by atoms with Crippen molar-refractivity contribution in [1.29, 1.82) is 0 Å². The molecule has 1 N–H and O–H groups in total. The highest BCUT2D eigenvalue weighted by atomic mass is 79.9. The quantitative estimate of drug-likeness (QED) is 0.862. The molecule has 0 aliphatic carbocycles. The first-order chi connectivity index (χ1) is 8.08. The number of halogens is 3. The third-order valence-electron chi connectivity index (χ3n) is 2.21. The first-order valence-corrected chi connectivity index (χ1v) is 5.50. The third kappa shape index (κ3) is 3.25. The number of hydrogen-bond acceptors (Lipinski definition) is 3. The summed E-state index contributed by atoms with van der Waals surface area (Å²) in [6, 6.07) is 2.77. The van der Waals surface area contributed by atoms with Crippen molar-refractivity contribution < 1.29 is 9.90 Å². The summed E-state index contributed by atoms with van der Waals surface area (Å²) in [7, 11) is 0. The van der Waals surface area contributed by atoms with Gasteiger partial charge in [0.15, 0.2) is 5.78 Å². The molecule has 0 bridgehead atoms. The van der Waals surface area contributed by atoms with E-state index >= 15 is 0 Å². The van der Waals surface area contributed by atoms with Gasteiger partial charge in [-0.05, 0) is 12.1 Å². The van der Waals surface area contributed by atoms with Gasteiger partial charge in [0.2, 0.25) is 0 Å². The Hall–Kier alpha value is -1.04. The minimum atomic E-state index is -0.287. The van der Waals surface area contributed by atoms with Gasteiger partial charge in [0.05, 0.1) is 23.5 Å². The van der Waals surface area contributed by atoms with Gasteiger partial charge >= 0.3 is 0 Å². The van der Waals surface area contributed by atoms with Gasteiger partial charge in [0, 0.05) is 17.4 Å². The lowest BCUT2D eigenvalue weighted by Gasteiger charge is -2.06. The van der Waals surface area contributed by atoms with Gasteiger partial charge in [-0.2, -0.15) is 0 Å². The van der Waals surface area contributed by atoms with Gasteiger partial charge in [-0.15, -0.1) is 17.0 Å². The molecule has 0 aliphatic rings. The molecule has 4 nitrogen and oxygen atoms in total. The fraction of sp³-hybridized carbons (Fsp3) is 0.0909. The second-order valence-electron chi connectivity index (χ2n) is 3.44. The smallest absolute Gasteiger partial charge is 0.186 e. The van der Waals surface area contributed by atoms with Crippen LogP contribution in [0.5, 0.6) is 5.75 Å². The number of carbonyl (C=O) groups is 1. The molecule has 2 rings (SSSR count). The number of hydrogen-bond donors (Lipinski definition) is 1. The lowest BCUT2D eigenvalue weighted by atomic mass is 10.1. The molecule has 0 radical (unpaired) electrons. The Labute approximate surface area is 124 Å². The zero-order valence-corrected chi connectivity index (χ0v) is 12.2. The van der Waals surface area contributed by atoms with E-state index in [1.807, 2.05) is 0 Å². The molecule has 0 amide bonds. The van der Waals surface area contributed by atoms with Crippen molar-refractivity contribution in [3.8, 4) is 5.75 Å². The van der Waals surface area contributed by atoms with E-state index in [1.54, 1.807) is 17.0 Å². The summed E-state index contributed by atoms with van der Waals surface area (Å²) in [5, 5.41) is 10.1. The van der Waals surface area contributed by atoms with Crippen LogP contribution in [-0.2, 0) is 6.54 Å². The zero-order valence-electron chi connectivity index (χ0n) is 9.01. The molecule has 1 aromatic carbocycles. The Morgan fingerprint density at radius 2 is 2.11 bits per heavy atom. The number of carbonyl (C=O) groups excluding carboxylic acids is 1. The van der Waals surface area contributed by atoms with Crippen LogP contribution in [0, 0.1) is 0 Å². The molecule has 0 spiro atoms. The molecular weight excluding hydrogens is 343 g/mol. The largest absolute Gasteiger partial charge is 0.506 e. The molecule has 0 saturated carbocycles. The van der Waals surface area contributed by atoms with E-state index in [4.69, 9.17) is 23.2 Å². The number of Topliss-reactive ketones (excluding diaryl/α,β-unsaturated/α-hetero) is 1. The first-order valence-electron chi connectivity index (χ1n) is 4.75. The van der Waals surface area contributed by atoms with Crippen LogP contribution in [0.25, 0.3) is 0 Å². The molecule has 0 aliphatic heterocycles. The van der Waals surface area contributed by atoms with Crippen molar-refractivity contribution in [2.24, 2.45) is 0 Å². The van der Waals surface area contributed by atoms with Crippen LogP contribution in [0.4, 0.5) is 0 Å². The molecule has 0 saturated heterocycles. The van der Waals surface area contributed by atoms with Crippen LogP contribution >= 0.6 is 40.2 Å². The number of benzene rings is 1. The highest BCUT2D eigenvalue weighted by Gasteiger charge is 2.15. The fourth-order valence-electron chi connectivity index (χ4n) is 1.41. The van der Waals surface area contributed by atoms with Gasteiger partial charge < -0.3 is 9.67 Å². The highest BCUT2D eigenvalue weighted by Crippen LogP contribution is 2.31. The van der Waals surface area contributed by atoms with Gasteiger partial charge in [-0.3, -0.25) is 4.79 Å². The summed E-state index contributed by atoms with van der Waals surface area (Å²) in [4.78, 5) is 15.7. The molecule has 7 heteroatoms. The predicted octanol–water partition coefficient (Wildman–Crippen LogP) is 3.36. The van der Waals surface area contributed by atoms with Crippen LogP contribution in [0.15, 0.2) is 30.9 Å². The number of phenols is 1. The van der Waals surface area contributed by atoms with Crippen molar-refractivity contribution in [2.45, 2.75) is 6.54 Å². The topological polar surface area (TPSA) is 55.1 Å². The number of nitrogens with zero attached hydrogens (tertiary/aromatic N) is 2. The van der Waals surface area contributed by atoms with Crippen molar-refractivity contribution in [3.63, 3.8) is 0 Å². The average Bonchev–Trinajstić information content (AvgIpc) is 2.76. The lowest BCUT2D eigenvalue weighted by Crippen LogP contribution is -2.09. The predicted molar refractivity (Wildman–Crippen MR) is 75.0 cm³/mol. The average molecular weight is 352 g/mol. The van der Waals surface area contributed by atoms with Crippen molar-refractivity contribution in [1.82, 2.24) is 9.55 Å². The second kappa shape index (κ2) is 6.22. The van der Waals surface area contributed by atoms with Crippen molar-refractivity contribution in [2.75, 3.05) is 0 Å². The monoisotopic (exact) mass is 350 g/mol. The number of aromatic hydroxyl groups is 1. The van der Waals surface area contributed by atoms with Gasteiger partial charge in [-0.1, -0.05) is 23.2 Å². The van der Waals surface area contributed by atoms with Gasteiger partial charge in [-0.25, -0.2) is 4.98 Å². The molecule has 1 heterocycles. The van der Waals surface area contributed by atoms with E-state index in [1.165, 1.54) is 18.5 Å². The molecule has 0 fully saturated rings. The Kier molecular flexibility index (Phi) is 5.19. The van der Waals surface area contributed by atoms with Crippen LogP contribution in [-0.4, -0.2) is 20.4 Å². The Balaban J connectivity index is 0.00000162. The summed E-state index contributed by atoms with van der Waals surface area (Å²) < 4.78 is 1.59. The van der Waals surface area contributed by atoms with E-state index in [0.717, 1.165) is 0 Å². The second-order valence-corrected chi connectivity index (χ2v) is 4.29. The standard InChI is InChI=1S/C11H8Cl2N2O2.BrH/c12-7-3-8(11(17)9(13)4-7)10(16)5-15-2-1-14-6-15;/h1-4,6,17H,5H2;1H. The van der Waals surface area contributed by atoms with E-state index in [-0.39, 0.29) is 45.6 Å². The van der Waals surface area contributed by atoms with Crippen LogP contribution in [0.3, 0.4) is 0 Å². The molecule has 2 aromatic rings. The first kappa shape index (κ1) is 15.0. The maximum Gasteiger partial charge on any atom is 0.186 e. The summed E-state index contributed by atoms with van der Waals surface area (Å²) in [6.07, 6.45) is 4.74. The van der Waals surface area contributed by atoms with Gasteiger partial charge in [0.25, 0.3) is 0 Å². The number of imidazole rings is 1. The summed E-state index contributed by atoms with van der Waals surface area (Å²) in [5.74, 6) is -0.536. The van der Waals surface area contributed by atoms with Crippen molar-refractivity contribution in [3.05, 3.63) is 46.5 Å². The Bertz CT molecular complexity index is 558. The van der Waals surface area contributed by atoms with E-state index in [0.29, 0.717) is 5.02 Å². The van der Waals surface area contributed by atoms with Crippen molar-refractivity contribution >= 4 is 46.0 Å². The third-order valence-corrected chi connectivity index (χ3v) is 2.72. The Morgan fingerprint density at radius 3 is 2.72 bits per heavy atom. The summed E-state index contributed by atoms with van der Waals surface area (Å²) in [5.41, 5.74) is 0.108.